The SMILES string of the molecule is C[C@@H](c1ccc(S(C)(=O)=O)cc1)N(C)C(=O)c1ccc2c(c1)OCC(=O)N2. The fourth-order valence-electron chi connectivity index (χ4n) is 2.80. The van der Waals surface area contributed by atoms with E-state index in [-0.39, 0.29) is 29.4 Å². The van der Waals surface area contributed by atoms with Crippen LogP contribution in [0.1, 0.15) is 28.9 Å². The Bertz CT molecular complexity index is 999. The minimum absolute atomic E-state index is 0.0798. The second kappa shape index (κ2) is 7.03. The number of rotatable bonds is 4. The molecule has 142 valence electrons. The van der Waals surface area contributed by atoms with E-state index in [9.17, 15) is 18.0 Å². The van der Waals surface area contributed by atoms with E-state index in [1.165, 1.54) is 12.1 Å². The predicted molar refractivity (Wildman–Crippen MR) is 101 cm³/mol. The number of nitrogens with one attached hydrogen (secondary N) is 1. The molecule has 0 fully saturated rings. The highest BCUT2D eigenvalue weighted by Crippen LogP contribution is 2.30. The maximum Gasteiger partial charge on any atom is 0.262 e. The van der Waals surface area contributed by atoms with E-state index in [1.807, 2.05) is 6.92 Å². The molecule has 1 N–H and O–H groups in total. The molecule has 2 aromatic rings. The maximum atomic E-state index is 12.8. The minimum Gasteiger partial charge on any atom is -0.482 e. The number of sulfone groups is 1. The highest BCUT2D eigenvalue weighted by Gasteiger charge is 2.22. The van der Waals surface area contributed by atoms with E-state index in [0.717, 1.165) is 11.8 Å². The van der Waals surface area contributed by atoms with Gasteiger partial charge in [0, 0.05) is 18.9 Å². The van der Waals surface area contributed by atoms with Gasteiger partial charge in [-0.2, -0.15) is 0 Å². The van der Waals surface area contributed by atoms with Gasteiger partial charge in [0.25, 0.3) is 11.8 Å². The highest BCUT2D eigenvalue weighted by molar-refractivity contribution is 7.90. The molecule has 0 unspecified atom stereocenters. The maximum absolute atomic E-state index is 12.8. The van der Waals surface area contributed by atoms with Gasteiger partial charge in [-0.25, -0.2) is 8.42 Å². The summed E-state index contributed by atoms with van der Waals surface area (Å²) in [4.78, 5) is 26.0. The van der Waals surface area contributed by atoms with E-state index in [2.05, 4.69) is 5.32 Å². The van der Waals surface area contributed by atoms with Gasteiger partial charge in [-0.15, -0.1) is 0 Å². The molecule has 0 aromatic heterocycles. The monoisotopic (exact) mass is 388 g/mol. The van der Waals surface area contributed by atoms with Crippen molar-refractivity contribution in [3.8, 4) is 5.75 Å². The van der Waals surface area contributed by atoms with Crippen molar-refractivity contribution in [2.75, 3.05) is 25.2 Å². The highest BCUT2D eigenvalue weighted by atomic mass is 32.2. The zero-order valence-electron chi connectivity index (χ0n) is 15.2. The quantitative estimate of drug-likeness (QED) is 0.867. The van der Waals surface area contributed by atoms with Crippen LogP contribution < -0.4 is 10.1 Å². The molecule has 3 rings (SSSR count). The van der Waals surface area contributed by atoms with Gasteiger partial charge in [0.1, 0.15) is 5.75 Å². The van der Waals surface area contributed by atoms with Crippen LogP contribution in [0.3, 0.4) is 0 Å². The first-order valence-corrected chi connectivity index (χ1v) is 10.2. The first kappa shape index (κ1) is 18.9. The number of anilines is 1. The summed E-state index contributed by atoms with van der Waals surface area (Å²) < 4.78 is 28.5. The normalized spacial score (nSPS) is 14.6. The molecule has 1 aliphatic rings. The third-order valence-electron chi connectivity index (χ3n) is 4.55. The van der Waals surface area contributed by atoms with Crippen molar-refractivity contribution in [1.29, 1.82) is 0 Å². The fraction of sp³-hybridized carbons (Fsp3) is 0.263. The van der Waals surface area contributed by atoms with Crippen LogP contribution in [0.4, 0.5) is 5.69 Å². The van der Waals surface area contributed by atoms with E-state index in [1.54, 1.807) is 42.3 Å². The Labute approximate surface area is 157 Å². The molecule has 0 bridgehead atoms. The van der Waals surface area contributed by atoms with Crippen molar-refractivity contribution in [1.82, 2.24) is 4.90 Å². The zero-order valence-corrected chi connectivity index (χ0v) is 16.0. The lowest BCUT2D eigenvalue weighted by Crippen LogP contribution is -2.30. The van der Waals surface area contributed by atoms with Crippen LogP contribution in [-0.2, 0) is 14.6 Å². The van der Waals surface area contributed by atoms with Gasteiger partial charge in [-0.3, -0.25) is 9.59 Å². The third-order valence-corrected chi connectivity index (χ3v) is 5.68. The van der Waals surface area contributed by atoms with Gasteiger partial charge in [-0.05, 0) is 42.8 Å². The molecule has 1 aliphatic heterocycles. The van der Waals surface area contributed by atoms with Crippen molar-refractivity contribution in [2.24, 2.45) is 0 Å². The van der Waals surface area contributed by atoms with Crippen molar-refractivity contribution in [2.45, 2.75) is 17.9 Å². The smallest absolute Gasteiger partial charge is 0.262 e. The second-order valence-corrected chi connectivity index (χ2v) is 8.50. The molecular formula is C19H20N2O5S. The molecule has 27 heavy (non-hydrogen) atoms. The summed E-state index contributed by atoms with van der Waals surface area (Å²) in [6.07, 6.45) is 1.15. The number of ether oxygens (including phenoxy) is 1. The minimum atomic E-state index is -3.26. The van der Waals surface area contributed by atoms with Crippen LogP contribution in [0.5, 0.6) is 5.75 Å². The van der Waals surface area contributed by atoms with Crippen LogP contribution in [0.25, 0.3) is 0 Å². The lowest BCUT2D eigenvalue weighted by atomic mass is 10.1. The van der Waals surface area contributed by atoms with Gasteiger partial charge in [0.05, 0.1) is 16.6 Å². The second-order valence-electron chi connectivity index (χ2n) is 6.48. The Morgan fingerprint density at radius 2 is 1.85 bits per heavy atom. The number of carbonyl (C=O) groups excluding carboxylic acids is 2. The Balaban J connectivity index is 1.79. The first-order valence-electron chi connectivity index (χ1n) is 8.30. The number of hydrogen-bond donors (Lipinski definition) is 1. The zero-order chi connectivity index (χ0) is 19.8. The number of carbonyl (C=O) groups is 2. The molecule has 0 aliphatic carbocycles. The van der Waals surface area contributed by atoms with E-state index >= 15 is 0 Å². The largest absolute Gasteiger partial charge is 0.482 e. The number of fused-ring (bicyclic) bond motifs is 1. The van der Waals surface area contributed by atoms with Crippen molar-refractivity contribution in [3.63, 3.8) is 0 Å². The molecule has 8 heteroatoms. The van der Waals surface area contributed by atoms with E-state index < -0.39 is 9.84 Å². The Hall–Kier alpha value is -2.87. The average molecular weight is 388 g/mol. The lowest BCUT2D eigenvalue weighted by molar-refractivity contribution is -0.118. The summed E-state index contributed by atoms with van der Waals surface area (Å²) in [6.45, 7) is 1.78. The van der Waals surface area contributed by atoms with Crippen LogP contribution in [0.15, 0.2) is 47.4 Å². The third kappa shape index (κ3) is 3.95. The molecule has 0 spiro atoms. The van der Waals surface area contributed by atoms with Gasteiger partial charge < -0.3 is 15.0 Å². The Kier molecular flexibility index (Phi) is 4.93. The molecule has 0 saturated heterocycles. The van der Waals surface area contributed by atoms with Crippen LogP contribution in [0.2, 0.25) is 0 Å². The van der Waals surface area contributed by atoms with Gasteiger partial charge in [0.15, 0.2) is 16.4 Å². The van der Waals surface area contributed by atoms with E-state index in [4.69, 9.17) is 4.74 Å². The van der Waals surface area contributed by atoms with Crippen molar-refractivity contribution in [3.05, 3.63) is 53.6 Å². The molecule has 2 amide bonds. The Morgan fingerprint density at radius 3 is 2.48 bits per heavy atom. The molecule has 7 nitrogen and oxygen atoms in total. The van der Waals surface area contributed by atoms with Crippen molar-refractivity contribution >= 4 is 27.3 Å². The van der Waals surface area contributed by atoms with Crippen LogP contribution in [-0.4, -0.2) is 45.0 Å². The number of hydrogen-bond acceptors (Lipinski definition) is 5. The summed E-state index contributed by atoms with van der Waals surface area (Å²) >= 11 is 0. The summed E-state index contributed by atoms with van der Waals surface area (Å²) in [5.41, 5.74) is 1.79. The number of nitrogens with zero attached hydrogens (tertiary/aromatic N) is 1. The summed E-state index contributed by atoms with van der Waals surface area (Å²) in [5, 5.41) is 2.68. The van der Waals surface area contributed by atoms with Gasteiger partial charge >= 0.3 is 0 Å². The number of amides is 2. The van der Waals surface area contributed by atoms with Gasteiger partial charge in [0.2, 0.25) is 0 Å². The molecular weight excluding hydrogens is 368 g/mol. The molecule has 0 saturated carbocycles. The average Bonchev–Trinajstić information content (AvgIpc) is 2.65. The predicted octanol–water partition coefficient (Wildman–Crippen LogP) is 2.25. The number of benzene rings is 2. The molecule has 1 atom stereocenters. The standard InChI is InChI=1S/C19H20N2O5S/c1-12(13-4-7-15(8-5-13)27(3,24)25)21(2)19(23)14-6-9-16-17(10-14)26-11-18(22)20-16/h4-10,12H,11H2,1-3H3,(H,20,22)/t12-/m0/s1. The van der Waals surface area contributed by atoms with Gasteiger partial charge in [-0.1, -0.05) is 12.1 Å². The summed E-state index contributed by atoms with van der Waals surface area (Å²) in [7, 11) is -1.58. The summed E-state index contributed by atoms with van der Waals surface area (Å²) in [5.74, 6) is 0.0156. The van der Waals surface area contributed by atoms with Crippen LogP contribution >= 0.6 is 0 Å². The van der Waals surface area contributed by atoms with Crippen LogP contribution in [0, 0.1) is 0 Å². The molecule has 2 aromatic carbocycles. The fourth-order valence-corrected chi connectivity index (χ4v) is 3.43. The van der Waals surface area contributed by atoms with E-state index in [0.29, 0.717) is 17.0 Å². The first-order chi connectivity index (χ1) is 12.7. The lowest BCUT2D eigenvalue weighted by Gasteiger charge is -2.26. The van der Waals surface area contributed by atoms with Crippen molar-refractivity contribution < 1.29 is 22.7 Å². The topological polar surface area (TPSA) is 92.8 Å². The Morgan fingerprint density at radius 1 is 1.19 bits per heavy atom. The molecule has 0 radical (unpaired) electrons. The summed E-state index contributed by atoms with van der Waals surface area (Å²) in [6, 6.07) is 11.1. The molecule has 1 heterocycles.